The van der Waals surface area contributed by atoms with Crippen LogP contribution >= 0.6 is 15.9 Å². The normalized spacial score (nSPS) is 11.0. The van der Waals surface area contributed by atoms with Gasteiger partial charge >= 0.3 is 5.97 Å². The van der Waals surface area contributed by atoms with Gasteiger partial charge in [-0.15, -0.1) is 0 Å². The van der Waals surface area contributed by atoms with Gasteiger partial charge in [0.1, 0.15) is 17.3 Å². The lowest BCUT2D eigenvalue weighted by Gasteiger charge is -2.09. The van der Waals surface area contributed by atoms with E-state index < -0.39 is 11.8 Å². The molecule has 0 atom stereocenters. The van der Waals surface area contributed by atoms with Gasteiger partial charge in [-0.3, -0.25) is 0 Å². The number of carboxylic acids is 1. The Kier molecular flexibility index (Phi) is 3.62. The number of nitrogens with zero attached hydrogens (tertiary/aromatic N) is 1. The maximum atomic E-state index is 13.6. The predicted molar refractivity (Wildman–Crippen MR) is 83.8 cm³/mol. The summed E-state index contributed by atoms with van der Waals surface area (Å²) in [6.45, 7) is 0.222. The average molecular weight is 364 g/mol. The highest BCUT2D eigenvalue weighted by Crippen LogP contribution is 2.26. The molecule has 0 aliphatic carbocycles. The SMILES string of the molecule is O=C(O)c1cc2cc(O)ccc2n1Cc1ccc(Br)c(F)c1. The zero-order valence-electron chi connectivity index (χ0n) is 11.3. The average Bonchev–Trinajstić information content (AvgIpc) is 2.81. The molecule has 2 N–H and O–H groups in total. The number of carbonyl (C=O) groups is 1. The van der Waals surface area contributed by atoms with Gasteiger partial charge < -0.3 is 14.8 Å². The fraction of sp³-hybridized carbons (Fsp3) is 0.0625. The number of benzene rings is 2. The highest BCUT2D eigenvalue weighted by Gasteiger charge is 2.15. The minimum atomic E-state index is -1.08. The topological polar surface area (TPSA) is 62.5 Å². The second kappa shape index (κ2) is 5.46. The fourth-order valence-corrected chi connectivity index (χ4v) is 2.67. The van der Waals surface area contributed by atoms with Gasteiger partial charge in [0, 0.05) is 17.4 Å². The molecule has 3 rings (SSSR count). The zero-order valence-corrected chi connectivity index (χ0v) is 12.8. The van der Waals surface area contributed by atoms with E-state index in [2.05, 4.69) is 15.9 Å². The number of phenolic OH excluding ortho intramolecular Hbond substituents is 1. The Morgan fingerprint density at radius 3 is 2.64 bits per heavy atom. The molecule has 2 aromatic carbocycles. The number of hydrogen-bond donors (Lipinski definition) is 2. The molecule has 0 aliphatic heterocycles. The minimum absolute atomic E-state index is 0.0660. The van der Waals surface area contributed by atoms with Gasteiger partial charge in [-0.25, -0.2) is 9.18 Å². The van der Waals surface area contributed by atoms with Crippen molar-refractivity contribution in [1.29, 1.82) is 0 Å². The summed E-state index contributed by atoms with van der Waals surface area (Å²) in [4.78, 5) is 11.4. The van der Waals surface area contributed by atoms with Gasteiger partial charge in [0.2, 0.25) is 0 Å². The molecular formula is C16H11BrFNO3. The summed E-state index contributed by atoms with van der Waals surface area (Å²) in [5.74, 6) is -1.41. The first-order chi connectivity index (χ1) is 10.5. The van der Waals surface area contributed by atoms with Crippen LogP contribution in [0, 0.1) is 5.82 Å². The Labute approximate surface area is 133 Å². The summed E-state index contributed by atoms with van der Waals surface area (Å²) in [7, 11) is 0. The standard InChI is InChI=1S/C16H11BrFNO3/c17-12-3-1-9(5-13(12)18)8-19-14-4-2-11(20)6-10(14)7-15(19)16(21)22/h1-7,20H,8H2,(H,21,22). The van der Waals surface area contributed by atoms with E-state index in [4.69, 9.17) is 0 Å². The largest absolute Gasteiger partial charge is 0.508 e. The second-order valence-corrected chi connectivity index (χ2v) is 5.77. The van der Waals surface area contributed by atoms with E-state index in [1.165, 1.54) is 24.3 Å². The molecule has 6 heteroatoms. The Balaban J connectivity index is 2.13. The molecule has 0 fully saturated rings. The van der Waals surface area contributed by atoms with Crippen molar-refractivity contribution in [2.24, 2.45) is 0 Å². The second-order valence-electron chi connectivity index (χ2n) is 4.91. The first kappa shape index (κ1) is 14.6. The minimum Gasteiger partial charge on any atom is -0.508 e. The maximum Gasteiger partial charge on any atom is 0.352 e. The van der Waals surface area contributed by atoms with Crippen LogP contribution in [-0.2, 0) is 6.54 Å². The molecule has 0 amide bonds. The molecule has 0 spiro atoms. The number of aromatic hydroxyl groups is 1. The van der Waals surface area contributed by atoms with Crippen molar-refractivity contribution in [3.05, 3.63) is 64.0 Å². The molecule has 0 radical (unpaired) electrons. The zero-order chi connectivity index (χ0) is 15.9. The highest BCUT2D eigenvalue weighted by atomic mass is 79.9. The van der Waals surface area contributed by atoms with Crippen LogP contribution in [0.15, 0.2) is 46.9 Å². The fourth-order valence-electron chi connectivity index (χ4n) is 2.43. The third-order valence-electron chi connectivity index (χ3n) is 3.43. The molecule has 1 heterocycles. The number of carboxylic acid groups (broad SMARTS) is 1. The van der Waals surface area contributed by atoms with Gasteiger partial charge in [-0.1, -0.05) is 6.07 Å². The number of rotatable bonds is 3. The number of hydrogen-bond acceptors (Lipinski definition) is 2. The lowest BCUT2D eigenvalue weighted by Crippen LogP contribution is -2.09. The van der Waals surface area contributed by atoms with E-state index in [9.17, 15) is 19.4 Å². The number of fused-ring (bicyclic) bond motifs is 1. The monoisotopic (exact) mass is 363 g/mol. The maximum absolute atomic E-state index is 13.6. The molecule has 0 bridgehead atoms. The summed E-state index contributed by atoms with van der Waals surface area (Å²) >= 11 is 3.09. The van der Waals surface area contributed by atoms with Crippen molar-refractivity contribution in [3.8, 4) is 5.75 Å². The number of aromatic nitrogens is 1. The van der Waals surface area contributed by atoms with E-state index in [1.54, 1.807) is 22.8 Å². The highest BCUT2D eigenvalue weighted by molar-refractivity contribution is 9.10. The van der Waals surface area contributed by atoms with Crippen LogP contribution in [0.5, 0.6) is 5.75 Å². The van der Waals surface area contributed by atoms with Crippen molar-refractivity contribution in [1.82, 2.24) is 4.57 Å². The van der Waals surface area contributed by atoms with Crippen molar-refractivity contribution in [3.63, 3.8) is 0 Å². The Bertz CT molecular complexity index is 888. The molecule has 0 aliphatic rings. The smallest absolute Gasteiger partial charge is 0.352 e. The Hall–Kier alpha value is -2.34. The van der Waals surface area contributed by atoms with Gasteiger partial charge in [-0.05, 0) is 57.9 Å². The quantitative estimate of drug-likeness (QED) is 0.739. The lowest BCUT2D eigenvalue weighted by atomic mass is 10.2. The molecule has 112 valence electrons. The van der Waals surface area contributed by atoms with Crippen LogP contribution in [0.1, 0.15) is 16.1 Å². The van der Waals surface area contributed by atoms with Gasteiger partial charge in [-0.2, -0.15) is 0 Å². The van der Waals surface area contributed by atoms with Crippen LogP contribution in [0.25, 0.3) is 10.9 Å². The molecular weight excluding hydrogens is 353 g/mol. The van der Waals surface area contributed by atoms with Crippen LogP contribution in [0.4, 0.5) is 4.39 Å². The van der Waals surface area contributed by atoms with E-state index in [0.29, 0.717) is 20.9 Å². The van der Waals surface area contributed by atoms with Gasteiger partial charge in [0.25, 0.3) is 0 Å². The third-order valence-corrected chi connectivity index (χ3v) is 4.07. The molecule has 1 aromatic heterocycles. The van der Waals surface area contributed by atoms with Crippen molar-refractivity contribution < 1.29 is 19.4 Å². The molecule has 22 heavy (non-hydrogen) atoms. The summed E-state index contributed by atoms with van der Waals surface area (Å²) in [5, 5.41) is 19.5. The molecule has 3 aromatic rings. The van der Waals surface area contributed by atoms with E-state index in [1.807, 2.05) is 0 Å². The van der Waals surface area contributed by atoms with Crippen LogP contribution in [0.2, 0.25) is 0 Å². The predicted octanol–water partition coefficient (Wildman–Crippen LogP) is 4.00. The Morgan fingerprint density at radius 1 is 1.18 bits per heavy atom. The molecule has 0 unspecified atom stereocenters. The summed E-state index contributed by atoms with van der Waals surface area (Å²) < 4.78 is 15.6. The summed E-state index contributed by atoms with van der Waals surface area (Å²) in [6.07, 6.45) is 0. The number of phenols is 1. The summed E-state index contributed by atoms with van der Waals surface area (Å²) in [5.41, 5.74) is 1.40. The van der Waals surface area contributed by atoms with Crippen LogP contribution < -0.4 is 0 Å². The molecule has 0 saturated heterocycles. The lowest BCUT2D eigenvalue weighted by molar-refractivity contribution is 0.0686. The number of aromatic carboxylic acids is 1. The Morgan fingerprint density at radius 2 is 1.95 bits per heavy atom. The molecule has 0 saturated carbocycles. The van der Waals surface area contributed by atoms with Crippen molar-refractivity contribution >= 4 is 32.8 Å². The van der Waals surface area contributed by atoms with E-state index in [-0.39, 0.29) is 18.0 Å². The van der Waals surface area contributed by atoms with Crippen LogP contribution in [0.3, 0.4) is 0 Å². The first-order valence-electron chi connectivity index (χ1n) is 6.45. The molecule has 4 nitrogen and oxygen atoms in total. The third kappa shape index (κ3) is 2.57. The number of halogens is 2. The van der Waals surface area contributed by atoms with Crippen LogP contribution in [-0.4, -0.2) is 20.7 Å². The van der Waals surface area contributed by atoms with E-state index >= 15 is 0 Å². The first-order valence-corrected chi connectivity index (χ1v) is 7.24. The van der Waals surface area contributed by atoms with Gasteiger partial charge in [0.15, 0.2) is 0 Å². The van der Waals surface area contributed by atoms with Gasteiger partial charge in [0.05, 0.1) is 4.47 Å². The van der Waals surface area contributed by atoms with Crippen molar-refractivity contribution in [2.75, 3.05) is 0 Å². The summed E-state index contributed by atoms with van der Waals surface area (Å²) in [6, 6.07) is 10.8. The van der Waals surface area contributed by atoms with Crippen molar-refractivity contribution in [2.45, 2.75) is 6.54 Å². The van der Waals surface area contributed by atoms with E-state index in [0.717, 1.165) is 0 Å².